The van der Waals surface area contributed by atoms with E-state index < -0.39 is 0 Å². The summed E-state index contributed by atoms with van der Waals surface area (Å²) >= 11 is 1.42. The molecule has 0 N–H and O–H groups in total. The van der Waals surface area contributed by atoms with Gasteiger partial charge in [-0.15, -0.1) is 11.8 Å². The van der Waals surface area contributed by atoms with Crippen molar-refractivity contribution in [1.82, 2.24) is 4.90 Å². The number of benzene rings is 2. The molecule has 0 heterocycles. The Hall–Kier alpha value is -2.47. The molecule has 2 rings (SSSR count). The van der Waals surface area contributed by atoms with Crippen molar-refractivity contribution in [3.63, 3.8) is 0 Å². The van der Waals surface area contributed by atoms with Crippen molar-refractivity contribution < 1.29 is 14.3 Å². The number of amides is 1. The predicted octanol–water partition coefficient (Wildman–Crippen LogP) is 3.74. The molecule has 150 valence electrons. The Morgan fingerprint density at radius 3 is 2.18 bits per heavy atom. The van der Waals surface area contributed by atoms with Gasteiger partial charge in [0.05, 0.1) is 0 Å². The summed E-state index contributed by atoms with van der Waals surface area (Å²) in [6.45, 7) is 4.03. The predicted molar refractivity (Wildman–Crippen MR) is 115 cm³/mol. The maximum atomic E-state index is 12.3. The van der Waals surface area contributed by atoms with Gasteiger partial charge >= 0.3 is 5.97 Å². The molecule has 0 aliphatic heterocycles. The Bertz CT molecular complexity index is 788. The second-order valence-electron chi connectivity index (χ2n) is 6.99. The summed E-state index contributed by atoms with van der Waals surface area (Å²) < 4.78 is 5.21. The van der Waals surface area contributed by atoms with E-state index in [0.717, 1.165) is 16.1 Å². The first kappa shape index (κ1) is 21.8. The van der Waals surface area contributed by atoms with Crippen molar-refractivity contribution in [3.05, 3.63) is 59.7 Å². The van der Waals surface area contributed by atoms with E-state index in [2.05, 4.69) is 0 Å². The Kier molecular flexibility index (Phi) is 7.93. The van der Waals surface area contributed by atoms with Gasteiger partial charge < -0.3 is 14.5 Å². The van der Waals surface area contributed by atoms with Crippen LogP contribution in [-0.2, 0) is 20.9 Å². The van der Waals surface area contributed by atoms with Crippen LogP contribution < -0.4 is 4.90 Å². The second kappa shape index (κ2) is 10.2. The zero-order valence-electron chi connectivity index (χ0n) is 17.1. The fraction of sp³-hybridized carbons (Fsp3) is 0.364. The number of rotatable bonds is 8. The molecule has 0 unspecified atom stereocenters. The third-order valence-electron chi connectivity index (χ3n) is 4.30. The largest absolute Gasteiger partial charge is 0.455 e. The molecule has 28 heavy (non-hydrogen) atoms. The van der Waals surface area contributed by atoms with Crippen molar-refractivity contribution in [2.24, 2.45) is 0 Å². The third kappa shape index (κ3) is 6.60. The summed E-state index contributed by atoms with van der Waals surface area (Å²) in [5.41, 5.74) is 3.30. The number of likely N-dealkylation sites (N-methyl/N-ethyl adjacent to an activating group) is 1. The average molecular weight is 401 g/mol. The molecule has 1 atom stereocenters. The number of anilines is 1. The van der Waals surface area contributed by atoms with E-state index in [1.54, 1.807) is 18.9 Å². The summed E-state index contributed by atoms with van der Waals surface area (Å²) in [6.07, 6.45) is 0. The van der Waals surface area contributed by atoms with Crippen LogP contribution in [0.3, 0.4) is 0 Å². The Labute approximate surface area is 171 Å². The van der Waals surface area contributed by atoms with Gasteiger partial charge in [0.1, 0.15) is 5.25 Å². The fourth-order valence-corrected chi connectivity index (χ4v) is 3.36. The van der Waals surface area contributed by atoms with Gasteiger partial charge in [-0.25, -0.2) is 0 Å². The van der Waals surface area contributed by atoms with E-state index >= 15 is 0 Å². The van der Waals surface area contributed by atoms with Gasteiger partial charge in [0.2, 0.25) is 0 Å². The second-order valence-corrected chi connectivity index (χ2v) is 8.41. The van der Waals surface area contributed by atoms with Crippen LogP contribution in [-0.4, -0.2) is 49.8 Å². The van der Waals surface area contributed by atoms with Crippen molar-refractivity contribution in [1.29, 1.82) is 0 Å². The maximum absolute atomic E-state index is 12.3. The van der Waals surface area contributed by atoms with Gasteiger partial charge in [0.15, 0.2) is 6.61 Å². The van der Waals surface area contributed by atoms with E-state index in [4.69, 9.17) is 4.74 Å². The van der Waals surface area contributed by atoms with Crippen molar-refractivity contribution in [3.8, 4) is 0 Å². The zero-order valence-corrected chi connectivity index (χ0v) is 18.0. The van der Waals surface area contributed by atoms with Gasteiger partial charge in [0, 0.05) is 38.3 Å². The van der Waals surface area contributed by atoms with Crippen LogP contribution in [0, 0.1) is 6.92 Å². The molecule has 0 fully saturated rings. The molecule has 2 aromatic carbocycles. The lowest BCUT2D eigenvalue weighted by Crippen LogP contribution is -2.32. The quantitative estimate of drug-likeness (QED) is 0.499. The summed E-state index contributed by atoms with van der Waals surface area (Å²) in [5.74, 6) is -0.611. The lowest BCUT2D eigenvalue weighted by molar-refractivity contribution is -0.151. The first-order chi connectivity index (χ1) is 13.3. The molecule has 0 bridgehead atoms. The molecule has 0 aliphatic rings. The Morgan fingerprint density at radius 2 is 1.61 bits per heavy atom. The van der Waals surface area contributed by atoms with E-state index in [1.807, 2.05) is 74.4 Å². The van der Waals surface area contributed by atoms with Gasteiger partial charge in [-0.1, -0.05) is 29.8 Å². The van der Waals surface area contributed by atoms with Gasteiger partial charge in [0.25, 0.3) is 5.91 Å². The van der Waals surface area contributed by atoms with E-state index in [0.29, 0.717) is 6.54 Å². The smallest absolute Gasteiger partial charge is 0.319 e. The highest BCUT2D eigenvalue weighted by Crippen LogP contribution is 2.24. The number of nitrogens with zero attached hydrogens (tertiary/aromatic N) is 2. The van der Waals surface area contributed by atoms with Crippen LogP contribution in [0.4, 0.5) is 5.69 Å². The Balaban J connectivity index is 1.79. The number of thioether (sulfide) groups is 1. The molecule has 2 aromatic rings. The Morgan fingerprint density at radius 1 is 1.00 bits per heavy atom. The number of hydrogen-bond donors (Lipinski definition) is 0. The number of ether oxygens (including phenoxy) is 1. The minimum absolute atomic E-state index is 0.224. The molecule has 6 heteroatoms. The lowest BCUT2D eigenvalue weighted by Gasteiger charge is -2.19. The van der Waals surface area contributed by atoms with Crippen molar-refractivity contribution in [2.45, 2.75) is 30.5 Å². The molecule has 5 nitrogen and oxygen atoms in total. The monoisotopic (exact) mass is 400 g/mol. The van der Waals surface area contributed by atoms with Crippen LogP contribution in [0.15, 0.2) is 53.4 Å². The van der Waals surface area contributed by atoms with Crippen LogP contribution in [0.2, 0.25) is 0 Å². The molecule has 1 amide bonds. The molecular formula is C22H28N2O3S. The highest BCUT2D eigenvalue weighted by Gasteiger charge is 2.19. The van der Waals surface area contributed by atoms with Gasteiger partial charge in [-0.2, -0.15) is 0 Å². The van der Waals surface area contributed by atoms with Crippen molar-refractivity contribution >= 4 is 29.3 Å². The summed E-state index contributed by atoms with van der Waals surface area (Å²) in [7, 11) is 5.68. The average Bonchev–Trinajstić information content (AvgIpc) is 2.67. The summed E-state index contributed by atoms with van der Waals surface area (Å²) in [6, 6.07) is 16.0. The number of esters is 1. The summed E-state index contributed by atoms with van der Waals surface area (Å²) in [4.78, 5) is 29.0. The van der Waals surface area contributed by atoms with Crippen LogP contribution in [0.25, 0.3) is 0 Å². The first-order valence-electron chi connectivity index (χ1n) is 9.16. The number of carbonyl (C=O) groups is 2. The first-order valence-corrected chi connectivity index (χ1v) is 10.0. The van der Waals surface area contributed by atoms with E-state index in [9.17, 15) is 9.59 Å². The van der Waals surface area contributed by atoms with Crippen LogP contribution in [0.1, 0.15) is 18.1 Å². The standard InChI is InChI=1S/C22H28N2O3S/c1-16-6-12-20(13-7-16)28-17(2)22(26)27-15-21(25)24(5)14-18-8-10-19(11-9-18)23(3)4/h6-13,17H,14-15H2,1-5H3/t17-/m1/s1. The molecular weight excluding hydrogens is 372 g/mol. The number of hydrogen-bond acceptors (Lipinski definition) is 5. The number of carbonyl (C=O) groups excluding carboxylic acids is 2. The topological polar surface area (TPSA) is 49.9 Å². The van der Waals surface area contributed by atoms with Gasteiger partial charge in [-0.05, 0) is 43.7 Å². The highest BCUT2D eigenvalue weighted by molar-refractivity contribution is 8.00. The molecule has 0 spiro atoms. The molecule has 0 saturated heterocycles. The van der Waals surface area contributed by atoms with E-state index in [-0.39, 0.29) is 23.7 Å². The lowest BCUT2D eigenvalue weighted by atomic mass is 10.2. The van der Waals surface area contributed by atoms with Crippen LogP contribution in [0.5, 0.6) is 0 Å². The minimum atomic E-state index is -0.386. The normalized spacial score (nSPS) is 11.6. The molecule has 0 aromatic heterocycles. The third-order valence-corrected chi connectivity index (χ3v) is 5.39. The molecule has 0 saturated carbocycles. The zero-order chi connectivity index (χ0) is 20.7. The fourth-order valence-electron chi connectivity index (χ4n) is 2.49. The summed E-state index contributed by atoms with van der Waals surface area (Å²) in [5, 5.41) is -0.376. The SMILES string of the molecule is Cc1ccc(S[C@H](C)C(=O)OCC(=O)N(C)Cc2ccc(N(C)C)cc2)cc1. The van der Waals surface area contributed by atoms with Gasteiger partial charge in [-0.3, -0.25) is 9.59 Å². The maximum Gasteiger partial charge on any atom is 0.319 e. The van der Waals surface area contributed by atoms with E-state index in [1.165, 1.54) is 17.3 Å². The molecule has 0 radical (unpaired) electrons. The number of aryl methyl sites for hydroxylation is 1. The minimum Gasteiger partial charge on any atom is -0.455 e. The molecule has 0 aliphatic carbocycles. The highest BCUT2D eigenvalue weighted by atomic mass is 32.2. The van der Waals surface area contributed by atoms with Crippen molar-refractivity contribution in [2.75, 3.05) is 32.6 Å². The van der Waals surface area contributed by atoms with Crippen LogP contribution >= 0.6 is 11.8 Å².